The molecular weight excluding hydrogens is 411 g/mol. The lowest BCUT2D eigenvalue weighted by Crippen LogP contribution is -2.44. The maximum Gasteiger partial charge on any atom is 0.207 e. The molecule has 5 rings (SSSR count). The van der Waals surface area contributed by atoms with Gasteiger partial charge < -0.3 is 20.3 Å². The zero-order chi connectivity index (χ0) is 22.1. The minimum atomic E-state index is -0.353. The molecule has 0 aliphatic carbocycles. The SMILES string of the molecule is CN1CCN(c2ccc(-c3ccc(F)c(COc4cc(N)nc5n[nH]nc45)c3)cn2)CC1. The predicted octanol–water partition coefficient (Wildman–Crippen LogP) is 2.47. The highest BCUT2D eigenvalue weighted by Gasteiger charge is 2.16. The Bertz CT molecular complexity index is 1230. The molecule has 164 valence electrons. The van der Waals surface area contributed by atoms with Gasteiger partial charge >= 0.3 is 0 Å². The quantitative estimate of drug-likeness (QED) is 0.493. The molecule has 0 atom stereocenters. The van der Waals surface area contributed by atoms with E-state index >= 15 is 0 Å². The highest BCUT2D eigenvalue weighted by molar-refractivity contribution is 5.78. The van der Waals surface area contributed by atoms with Gasteiger partial charge in [-0.15, -0.1) is 5.10 Å². The number of hydrogen-bond acceptors (Lipinski definition) is 8. The molecule has 1 aromatic carbocycles. The van der Waals surface area contributed by atoms with E-state index in [1.807, 2.05) is 18.3 Å². The van der Waals surface area contributed by atoms with Crippen molar-refractivity contribution in [1.82, 2.24) is 30.3 Å². The Morgan fingerprint density at radius 1 is 1.06 bits per heavy atom. The standard InChI is InChI=1S/C22H23FN8O/c1-30-6-8-31(9-7-30)20-5-3-15(12-25-20)14-2-4-17(23)16(10-14)13-32-18-11-19(24)26-22-21(18)27-29-28-22/h2-5,10-12H,6-9,13H2,1H3,(H3,24,26,27,28,29). The van der Waals surface area contributed by atoms with Gasteiger partial charge in [-0.3, -0.25) is 0 Å². The molecule has 0 radical (unpaired) electrons. The lowest BCUT2D eigenvalue weighted by Gasteiger charge is -2.33. The molecule has 0 amide bonds. The van der Waals surface area contributed by atoms with Gasteiger partial charge in [0.2, 0.25) is 5.65 Å². The van der Waals surface area contributed by atoms with Crippen LogP contribution < -0.4 is 15.4 Å². The topological polar surface area (TPSA) is 109 Å². The van der Waals surface area contributed by atoms with Crippen molar-refractivity contribution in [2.75, 3.05) is 43.9 Å². The molecule has 1 saturated heterocycles. The molecule has 0 bridgehead atoms. The number of nitrogens with one attached hydrogen (secondary N) is 1. The normalized spacial score (nSPS) is 14.8. The van der Waals surface area contributed by atoms with Crippen LogP contribution >= 0.6 is 0 Å². The van der Waals surface area contributed by atoms with Gasteiger partial charge in [0.25, 0.3) is 0 Å². The average Bonchev–Trinajstić information content (AvgIpc) is 3.27. The zero-order valence-corrected chi connectivity index (χ0v) is 17.6. The lowest BCUT2D eigenvalue weighted by molar-refractivity contribution is 0.303. The van der Waals surface area contributed by atoms with Crippen LogP contribution in [0.25, 0.3) is 22.3 Å². The summed E-state index contributed by atoms with van der Waals surface area (Å²) in [6.45, 7) is 3.97. The highest BCUT2D eigenvalue weighted by Crippen LogP contribution is 2.27. The molecular formula is C22H23FN8O. The van der Waals surface area contributed by atoms with Gasteiger partial charge in [-0.1, -0.05) is 6.07 Å². The third-order valence-corrected chi connectivity index (χ3v) is 5.61. The molecule has 0 unspecified atom stereocenters. The number of piperazine rings is 1. The van der Waals surface area contributed by atoms with E-state index in [2.05, 4.69) is 42.2 Å². The van der Waals surface area contributed by atoms with E-state index in [1.165, 1.54) is 6.07 Å². The minimum Gasteiger partial charge on any atom is -0.486 e. The number of halogens is 1. The summed E-state index contributed by atoms with van der Waals surface area (Å²) in [7, 11) is 2.13. The maximum atomic E-state index is 14.5. The highest BCUT2D eigenvalue weighted by atomic mass is 19.1. The Morgan fingerprint density at radius 2 is 1.88 bits per heavy atom. The fraction of sp³-hybridized carbons (Fsp3) is 0.273. The van der Waals surface area contributed by atoms with Crippen molar-refractivity contribution in [3.63, 3.8) is 0 Å². The van der Waals surface area contributed by atoms with Crippen molar-refractivity contribution in [1.29, 1.82) is 0 Å². The zero-order valence-electron chi connectivity index (χ0n) is 17.6. The molecule has 4 heterocycles. The first-order valence-electron chi connectivity index (χ1n) is 10.3. The molecule has 4 aromatic rings. The number of nitrogen functional groups attached to an aromatic ring is 1. The van der Waals surface area contributed by atoms with Crippen LogP contribution in [0.2, 0.25) is 0 Å². The Morgan fingerprint density at radius 3 is 2.66 bits per heavy atom. The van der Waals surface area contributed by atoms with E-state index < -0.39 is 0 Å². The summed E-state index contributed by atoms with van der Waals surface area (Å²) < 4.78 is 20.3. The molecule has 1 aliphatic heterocycles. The molecule has 10 heteroatoms. The van der Waals surface area contributed by atoms with Crippen molar-refractivity contribution in [3.8, 4) is 16.9 Å². The summed E-state index contributed by atoms with van der Waals surface area (Å²) >= 11 is 0. The first-order valence-corrected chi connectivity index (χ1v) is 10.3. The molecule has 9 nitrogen and oxygen atoms in total. The van der Waals surface area contributed by atoms with Gasteiger partial charge in [-0.2, -0.15) is 10.3 Å². The Labute approximate surface area is 184 Å². The van der Waals surface area contributed by atoms with E-state index in [-0.39, 0.29) is 18.2 Å². The molecule has 32 heavy (non-hydrogen) atoms. The summed E-state index contributed by atoms with van der Waals surface area (Å²) in [6, 6.07) is 10.5. The van der Waals surface area contributed by atoms with E-state index in [0.717, 1.165) is 43.1 Å². The number of anilines is 2. The van der Waals surface area contributed by atoms with Gasteiger partial charge in [0, 0.05) is 49.6 Å². The van der Waals surface area contributed by atoms with Crippen molar-refractivity contribution in [3.05, 3.63) is 54.0 Å². The first-order chi connectivity index (χ1) is 15.6. The average molecular weight is 434 g/mol. The second-order valence-electron chi connectivity index (χ2n) is 7.83. The van der Waals surface area contributed by atoms with Gasteiger partial charge in [-0.25, -0.2) is 14.4 Å². The number of pyridine rings is 2. The van der Waals surface area contributed by atoms with Crippen LogP contribution in [0.1, 0.15) is 5.56 Å². The summed E-state index contributed by atoms with van der Waals surface area (Å²) in [5, 5.41) is 10.4. The van der Waals surface area contributed by atoms with Crippen molar-refractivity contribution in [2.24, 2.45) is 0 Å². The van der Waals surface area contributed by atoms with Crippen molar-refractivity contribution < 1.29 is 9.13 Å². The number of hydrogen-bond donors (Lipinski definition) is 2. The van der Waals surface area contributed by atoms with Crippen LogP contribution in [0.4, 0.5) is 16.0 Å². The Balaban J connectivity index is 1.34. The minimum absolute atomic E-state index is 0.0118. The van der Waals surface area contributed by atoms with E-state index in [4.69, 9.17) is 10.5 Å². The monoisotopic (exact) mass is 434 g/mol. The second kappa shape index (κ2) is 8.39. The lowest BCUT2D eigenvalue weighted by atomic mass is 10.0. The number of benzene rings is 1. The van der Waals surface area contributed by atoms with Crippen LogP contribution in [-0.2, 0) is 6.61 Å². The fourth-order valence-corrected chi connectivity index (χ4v) is 3.74. The molecule has 0 spiro atoms. The molecule has 0 saturated carbocycles. The first kappa shape index (κ1) is 20.1. The molecule has 1 aliphatic rings. The van der Waals surface area contributed by atoms with Crippen molar-refractivity contribution >= 4 is 22.8 Å². The van der Waals surface area contributed by atoms with E-state index in [0.29, 0.717) is 22.5 Å². The van der Waals surface area contributed by atoms with Gasteiger partial charge in [0.1, 0.15) is 24.1 Å². The van der Waals surface area contributed by atoms with Crippen LogP contribution in [0.15, 0.2) is 42.6 Å². The summed E-state index contributed by atoms with van der Waals surface area (Å²) in [5.74, 6) is 1.25. The van der Waals surface area contributed by atoms with Crippen LogP contribution in [0.3, 0.4) is 0 Å². The van der Waals surface area contributed by atoms with Crippen LogP contribution in [0.5, 0.6) is 5.75 Å². The Kier molecular flexibility index (Phi) is 5.28. The fourth-order valence-electron chi connectivity index (χ4n) is 3.74. The third kappa shape index (κ3) is 4.04. The molecule has 3 aromatic heterocycles. The van der Waals surface area contributed by atoms with Gasteiger partial charge in [-0.05, 0) is 36.9 Å². The van der Waals surface area contributed by atoms with Crippen LogP contribution in [-0.4, -0.2) is 63.5 Å². The van der Waals surface area contributed by atoms with E-state index in [1.54, 1.807) is 18.2 Å². The number of aromatic nitrogens is 5. The smallest absolute Gasteiger partial charge is 0.207 e. The summed E-state index contributed by atoms with van der Waals surface area (Å²) in [6.07, 6.45) is 1.83. The number of nitrogens with zero attached hydrogens (tertiary/aromatic N) is 6. The molecule has 1 fully saturated rings. The maximum absolute atomic E-state index is 14.5. The number of likely N-dealkylation sites (N-methyl/N-ethyl adjacent to an activating group) is 1. The number of ether oxygens (including phenoxy) is 1. The number of aromatic amines is 1. The Hall–Kier alpha value is -3.79. The number of nitrogens with two attached hydrogens (primary N) is 1. The number of H-pyrrole nitrogens is 1. The summed E-state index contributed by atoms with van der Waals surface area (Å²) in [5.41, 5.74) is 8.78. The largest absolute Gasteiger partial charge is 0.486 e. The van der Waals surface area contributed by atoms with Gasteiger partial charge in [0.05, 0.1) is 0 Å². The van der Waals surface area contributed by atoms with Crippen molar-refractivity contribution in [2.45, 2.75) is 6.61 Å². The number of fused-ring (bicyclic) bond motifs is 1. The third-order valence-electron chi connectivity index (χ3n) is 5.61. The predicted molar refractivity (Wildman–Crippen MR) is 120 cm³/mol. The van der Waals surface area contributed by atoms with Crippen LogP contribution in [0, 0.1) is 5.82 Å². The van der Waals surface area contributed by atoms with E-state index in [9.17, 15) is 4.39 Å². The molecule has 3 N–H and O–H groups in total. The number of rotatable bonds is 5. The summed E-state index contributed by atoms with van der Waals surface area (Å²) in [4.78, 5) is 13.3. The van der Waals surface area contributed by atoms with Gasteiger partial charge in [0.15, 0.2) is 11.3 Å². The second-order valence-corrected chi connectivity index (χ2v) is 7.83.